The molecule has 31 heavy (non-hydrogen) atoms. The van der Waals surface area contributed by atoms with Gasteiger partial charge in [-0.1, -0.05) is 35.5 Å². The van der Waals surface area contributed by atoms with Crippen LogP contribution in [0.25, 0.3) is 0 Å². The third-order valence-corrected chi connectivity index (χ3v) is 6.69. The Morgan fingerprint density at radius 1 is 0.968 bits per heavy atom. The first-order valence-corrected chi connectivity index (χ1v) is 11.8. The molecule has 168 valence electrons. The molecule has 0 radical (unpaired) electrons. The van der Waals surface area contributed by atoms with Crippen molar-refractivity contribution in [3.05, 3.63) is 47.5 Å². The Morgan fingerprint density at radius 2 is 1.58 bits per heavy atom. The van der Waals surface area contributed by atoms with Gasteiger partial charge in [-0.25, -0.2) is 0 Å². The first-order valence-electron chi connectivity index (χ1n) is 10.6. The Kier molecular flexibility index (Phi) is 9.04. The second-order valence-electron chi connectivity index (χ2n) is 7.61. The number of carbonyl (C=O) groups is 1. The number of carboxylic acids is 1. The molecule has 0 spiro atoms. The average Bonchev–Trinajstić information content (AvgIpc) is 2.74. The Labute approximate surface area is 193 Å². The number of aliphatic hydroxyl groups is 1. The van der Waals surface area contributed by atoms with E-state index in [-0.39, 0.29) is 6.61 Å². The number of rotatable bonds is 6. The van der Waals surface area contributed by atoms with Crippen molar-refractivity contribution < 1.29 is 15.0 Å². The first kappa shape index (κ1) is 23.9. The van der Waals surface area contributed by atoms with Crippen molar-refractivity contribution in [2.75, 3.05) is 57.3 Å². The second kappa shape index (κ2) is 11.7. The number of halogens is 1. The van der Waals surface area contributed by atoms with Crippen molar-refractivity contribution in [3.8, 4) is 0 Å². The van der Waals surface area contributed by atoms with Crippen LogP contribution in [0, 0.1) is 0 Å². The number of aliphatic carboxylic acids is 1. The van der Waals surface area contributed by atoms with Crippen LogP contribution in [0.4, 0.5) is 11.4 Å². The molecule has 0 aliphatic carbocycles. The zero-order valence-electron chi connectivity index (χ0n) is 17.8. The van der Waals surface area contributed by atoms with Crippen LogP contribution in [0.5, 0.6) is 0 Å². The van der Waals surface area contributed by atoms with E-state index in [2.05, 4.69) is 51.1 Å². The van der Waals surface area contributed by atoms with Crippen LogP contribution >= 0.6 is 23.4 Å². The molecule has 0 bridgehead atoms. The molecule has 1 fully saturated rings. The molecular weight excluding hydrogens is 434 g/mol. The van der Waals surface area contributed by atoms with Gasteiger partial charge in [0.25, 0.3) is 5.97 Å². The number of hydrogen-bond acceptors (Lipinski definition) is 6. The van der Waals surface area contributed by atoms with Crippen molar-refractivity contribution in [1.29, 1.82) is 0 Å². The lowest BCUT2D eigenvalue weighted by Crippen LogP contribution is -2.47. The lowest BCUT2D eigenvalue weighted by atomic mass is 10.2. The topological polar surface area (TPSA) is 67.2 Å². The molecule has 0 atom stereocenters. The van der Waals surface area contributed by atoms with Gasteiger partial charge in [-0.05, 0) is 43.3 Å². The Bertz CT molecular complexity index is 871. The van der Waals surface area contributed by atoms with Gasteiger partial charge in [-0.2, -0.15) is 0 Å². The van der Waals surface area contributed by atoms with Crippen molar-refractivity contribution in [2.45, 2.75) is 23.1 Å². The van der Waals surface area contributed by atoms with Crippen molar-refractivity contribution >= 4 is 40.7 Å². The third kappa shape index (κ3) is 6.85. The number of anilines is 2. The molecule has 2 heterocycles. The van der Waals surface area contributed by atoms with Gasteiger partial charge in [0.05, 0.1) is 18.0 Å². The maximum Gasteiger partial charge on any atom is 0.300 e. The molecule has 0 amide bonds. The number of nitrogens with zero attached hydrogens (tertiary/aromatic N) is 3. The molecule has 2 aromatic carbocycles. The summed E-state index contributed by atoms with van der Waals surface area (Å²) in [5.74, 6) is -0.833. The summed E-state index contributed by atoms with van der Waals surface area (Å²) in [5.41, 5.74) is 2.50. The van der Waals surface area contributed by atoms with Crippen LogP contribution in [-0.2, 0) is 4.79 Å². The average molecular weight is 464 g/mol. The zero-order chi connectivity index (χ0) is 22.2. The smallest absolute Gasteiger partial charge is 0.300 e. The lowest BCUT2D eigenvalue weighted by molar-refractivity contribution is -0.134. The predicted molar refractivity (Wildman–Crippen MR) is 127 cm³/mol. The Hall–Kier alpha value is -1.77. The highest BCUT2D eigenvalue weighted by molar-refractivity contribution is 7.99. The number of para-hydroxylation sites is 1. The van der Waals surface area contributed by atoms with E-state index < -0.39 is 5.97 Å². The summed E-state index contributed by atoms with van der Waals surface area (Å²) < 4.78 is 0. The molecule has 0 saturated carbocycles. The van der Waals surface area contributed by atoms with Gasteiger partial charge < -0.3 is 20.0 Å². The highest BCUT2D eigenvalue weighted by Gasteiger charge is 2.23. The van der Waals surface area contributed by atoms with E-state index >= 15 is 0 Å². The van der Waals surface area contributed by atoms with Crippen LogP contribution in [0.2, 0.25) is 5.02 Å². The fraction of sp³-hybridized carbons (Fsp3) is 0.435. The first-order chi connectivity index (χ1) is 15.0. The molecule has 6 nitrogen and oxygen atoms in total. The molecule has 8 heteroatoms. The number of β-amino-alcohol motifs (C(OH)–C–C–N with tert-alkyl or cyclic N) is 1. The van der Waals surface area contributed by atoms with E-state index in [1.54, 1.807) is 0 Å². The minimum atomic E-state index is -0.833. The van der Waals surface area contributed by atoms with Crippen molar-refractivity contribution in [3.63, 3.8) is 0 Å². The summed E-state index contributed by atoms with van der Waals surface area (Å²) >= 11 is 8.12. The molecule has 2 aliphatic heterocycles. The van der Waals surface area contributed by atoms with Gasteiger partial charge in [-0.15, -0.1) is 0 Å². The normalized spacial score (nSPS) is 16.2. The fourth-order valence-electron chi connectivity index (χ4n) is 3.87. The molecule has 0 aromatic heterocycles. The molecular formula is C23H30ClN3O3S. The van der Waals surface area contributed by atoms with Crippen molar-refractivity contribution in [2.24, 2.45) is 0 Å². The SMILES string of the molecule is CC(=O)O.OCCN1CCN(CCCN2c3ccccc3Sc3ccc(Cl)cc32)CC1. The zero-order valence-corrected chi connectivity index (χ0v) is 19.4. The minimum Gasteiger partial charge on any atom is -0.481 e. The Balaban J connectivity index is 0.000000628. The van der Waals surface area contributed by atoms with Crippen LogP contribution in [0.1, 0.15) is 13.3 Å². The van der Waals surface area contributed by atoms with E-state index in [9.17, 15) is 0 Å². The largest absolute Gasteiger partial charge is 0.481 e. The second-order valence-corrected chi connectivity index (χ2v) is 9.13. The minimum absolute atomic E-state index is 0.258. The van der Waals surface area contributed by atoms with Crippen LogP contribution < -0.4 is 4.90 Å². The van der Waals surface area contributed by atoms with Crippen LogP contribution in [-0.4, -0.2) is 78.4 Å². The van der Waals surface area contributed by atoms with E-state index in [1.165, 1.54) is 21.2 Å². The summed E-state index contributed by atoms with van der Waals surface area (Å²) in [7, 11) is 0. The molecule has 1 saturated heterocycles. The summed E-state index contributed by atoms with van der Waals surface area (Å²) in [6.45, 7) is 8.53. The van der Waals surface area contributed by atoms with Gasteiger partial charge in [0.1, 0.15) is 0 Å². The van der Waals surface area contributed by atoms with Gasteiger partial charge in [0.2, 0.25) is 0 Å². The molecule has 2 N–H and O–H groups in total. The number of hydrogen-bond donors (Lipinski definition) is 2. The van der Waals surface area contributed by atoms with E-state index in [0.717, 1.165) is 64.2 Å². The number of carboxylic acid groups (broad SMARTS) is 1. The summed E-state index contributed by atoms with van der Waals surface area (Å²) in [6.07, 6.45) is 1.12. The standard InChI is InChI=1S/C21H26ClN3OS.C2H4O2/c22-17-6-7-21-19(16-17)25(18-4-1-2-5-20(18)27-21)9-3-8-23-10-12-24(13-11-23)14-15-26;1-2(3)4/h1-2,4-7,16,26H,3,8-15H2;1H3,(H,3,4). The third-order valence-electron chi connectivity index (χ3n) is 5.32. The quantitative estimate of drug-likeness (QED) is 0.670. The fourth-order valence-corrected chi connectivity index (χ4v) is 5.12. The van der Waals surface area contributed by atoms with Crippen LogP contribution in [0.3, 0.4) is 0 Å². The van der Waals surface area contributed by atoms with Gasteiger partial charge >= 0.3 is 0 Å². The van der Waals surface area contributed by atoms with Crippen molar-refractivity contribution in [1.82, 2.24) is 9.80 Å². The van der Waals surface area contributed by atoms with Gasteiger partial charge in [-0.3, -0.25) is 9.69 Å². The number of fused-ring (bicyclic) bond motifs is 2. The highest BCUT2D eigenvalue weighted by Crippen LogP contribution is 2.48. The Morgan fingerprint density at radius 3 is 2.26 bits per heavy atom. The highest BCUT2D eigenvalue weighted by atomic mass is 35.5. The van der Waals surface area contributed by atoms with E-state index in [1.807, 2.05) is 17.8 Å². The monoisotopic (exact) mass is 463 g/mol. The van der Waals surface area contributed by atoms with Crippen LogP contribution in [0.15, 0.2) is 52.3 Å². The number of piperazine rings is 1. The summed E-state index contributed by atoms with van der Waals surface area (Å²) in [5, 5.41) is 17.3. The van der Waals surface area contributed by atoms with Gasteiger partial charge in [0.15, 0.2) is 0 Å². The van der Waals surface area contributed by atoms with Gasteiger partial charge in [0, 0.05) is 61.0 Å². The lowest BCUT2D eigenvalue weighted by Gasteiger charge is -2.36. The number of benzene rings is 2. The van der Waals surface area contributed by atoms with E-state index in [4.69, 9.17) is 26.6 Å². The maximum atomic E-state index is 9.08. The summed E-state index contributed by atoms with van der Waals surface area (Å²) in [6, 6.07) is 14.8. The summed E-state index contributed by atoms with van der Waals surface area (Å²) in [4.78, 5) is 18.9. The molecule has 2 aromatic rings. The number of aliphatic hydroxyl groups excluding tert-OH is 1. The molecule has 0 unspecified atom stereocenters. The molecule has 2 aliphatic rings. The van der Waals surface area contributed by atoms with E-state index in [0.29, 0.717) is 0 Å². The maximum absolute atomic E-state index is 9.08. The molecule has 4 rings (SSSR count). The predicted octanol–water partition coefficient (Wildman–Crippen LogP) is 4.03.